The van der Waals surface area contributed by atoms with Crippen LogP contribution in [-0.4, -0.2) is 20.7 Å². The van der Waals surface area contributed by atoms with E-state index < -0.39 is 0 Å². The van der Waals surface area contributed by atoms with Crippen molar-refractivity contribution in [1.29, 1.82) is 0 Å². The summed E-state index contributed by atoms with van der Waals surface area (Å²) in [6.07, 6.45) is 0. The van der Waals surface area contributed by atoms with Crippen molar-refractivity contribution in [3.05, 3.63) is 85.5 Å². The number of benzene rings is 1. The van der Waals surface area contributed by atoms with E-state index in [0.29, 0.717) is 23.4 Å². The Labute approximate surface area is 162 Å². The molecule has 7 heteroatoms. The fourth-order valence-electron chi connectivity index (χ4n) is 3.03. The van der Waals surface area contributed by atoms with Crippen molar-refractivity contribution in [3.63, 3.8) is 0 Å². The van der Waals surface area contributed by atoms with Crippen LogP contribution >= 0.6 is 11.6 Å². The minimum Gasteiger partial charge on any atom is -0.348 e. The monoisotopic (exact) mass is 384 g/mol. The lowest BCUT2D eigenvalue weighted by Crippen LogP contribution is -2.28. The Morgan fingerprint density at radius 1 is 1.22 bits per heavy atom. The first-order valence-electron chi connectivity index (χ1n) is 8.61. The predicted octanol–water partition coefficient (Wildman–Crippen LogP) is 3.13. The van der Waals surface area contributed by atoms with E-state index in [2.05, 4.69) is 15.4 Å². The van der Waals surface area contributed by atoms with E-state index in [4.69, 9.17) is 11.6 Å². The van der Waals surface area contributed by atoms with E-state index in [1.165, 1.54) is 0 Å². The van der Waals surface area contributed by atoms with Gasteiger partial charge in [-0.15, -0.1) is 0 Å². The highest BCUT2D eigenvalue weighted by Crippen LogP contribution is 2.21. The number of amides is 1. The minimum absolute atomic E-state index is 0.125. The number of aryl methyl sites for hydroxylation is 3. The predicted molar refractivity (Wildman–Crippen MR) is 105 cm³/mol. The van der Waals surface area contributed by atoms with E-state index in [9.17, 15) is 9.59 Å². The van der Waals surface area contributed by atoms with Crippen LogP contribution in [0.5, 0.6) is 0 Å². The molecule has 0 saturated carbocycles. The van der Waals surface area contributed by atoms with E-state index in [1.54, 1.807) is 11.6 Å². The van der Waals surface area contributed by atoms with Crippen molar-refractivity contribution in [2.24, 2.45) is 0 Å². The van der Waals surface area contributed by atoms with Crippen LogP contribution in [0.4, 0.5) is 0 Å². The van der Waals surface area contributed by atoms with Gasteiger partial charge in [0.15, 0.2) is 0 Å². The normalized spacial score (nSPS) is 10.8. The highest BCUT2D eigenvalue weighted by atomic mass is 35.5. The topological polar surface area (TPSA) is 79.8 Å². The zero-order valence-corrected chi connectivity index (χ0v) is 16.2. The second-order valence-electron chi connectivity index (χ2n) is 6.52. The molecule has 0 fully saturated rings. The number of H-pyrrole nitrogens is 1. The number of hydrogen-bond acceptors (Lipinski definition) is 3. The Bertz CT molecular complexity index is 1040. The summed E-state index contributed by atoms with van der Waals surface area (Å²) >= 11 is 6.41. The molecule has 0 bridgehead atoms. The first kappa shape index (κ1) is 18.9. The van der Waals surface area contributed by atoms with E-state index >= 15 is 0 Å². The van der Waals surface area contributed by atoms with E-state index in [0.717, 1.165) is 16.8 Å². The van der Waals surface area contributed by atoms with E-state index in [1.807, 2.05) is 50.2 Å². The van der Waals surface area contributed by atoms with Gasteiger partial charge in [-0.25, -0.2) is 4.68 Å². The van der Waals surface area contributed by atoms with Gasteiger partial charge in [-0.1, -0.05) is 41.9 Å². The molecule has 3 rings (SSSR count). The van der Waals surface area contributed by atoms with Gasteiger partial charge in [-0.2, -0.15) is 5.10 Å². The van der Waals surface area contributed by atoms with Crippen LogP contribution in [0.25, 0.3) is 0 Å². The molecule has 0 aliphatic heterocycles. The van der Waals surface area contributed by atoms with Gasteiger partial charge >= 0.3 is 0 Å². The van der Waals surface area contributed by atoms with Crippen LogP contribution in [0.3, 0.4) is 0 Å². The molecular formula is C20H21ClN4O2. The molecule has 27 heavy (non-hydrogen) atoms. The van der Waals surface area contributed by atoms with Crippen molar-refractivity contribution in [2.75, 3.05) is 0 Å². The van der Waals surface area contributed by atoms with Crippen molar-refractivity contribution < 1.29 is 4.79 Å². The zero-order chi connectivity index (χ0) is 19.6. The van der Waals surface area contributed by atoms with Gasteiger partial charge in [-0.05, 0) is 38.0 Å². The van der Waals surface area contributed by atoms with Gasteiger partial charge in [0.25, 0.3) is 11.5 Å². The molecule has 2 heterocycles. The summed E-state index contributed by atoms with van der Waals surface area (Å²) in [6.45, 7) is 6.01. The fraction of sp³-hybridized carbons (Fsp3) is 0.250. The summed E-state index contributed by atoms with van der Waals surface area (Å²) in [5.41, 5.74) is 3.86. The summed E-state index contributed by atoms with van der Waals surface area (Å²) in [7, 11) is 0. The molecule has 0 unspecified atom stereocenters. The molecule has 140 valence electrons. The number of halogens is 1. The lowest BCUT2D eigenvalue weighted by atomic mass is 10.1. The molecule has 0 radical (unpaired) electrons. The molecule has 0 spiro atoms. The average molecular weight is 385 g/mol. The Kier molecular flexibility index (Phi) is 5.46. The lowest BCUT2D eigenvalue weighted by molar-refractivity contribution is 0.0950. The minimum atomic E-state index is -0.351. The van der Waals surface area contributed by atoms with Gasteiger partial charge in [0.1, 0.15) is 5.15 Å². The molecule has 0 atom stereocenters. The van der Waals surface area contributed by atoms with Crippen LogP contribution in [0.15, 0.2) is 41.2 Å². The van der Waals surface area contributed by atoms with E-state index in [-0.39, 0.29) is 23.2 Å². The van der Waals surface area contributed by atoms with Crippen LogP contribution in [0.2, 0.25) is 5.15 Å². The third-order valence-corrected chi connectivity index (χ3v) is 4.77. The summed E-state index contributed by atoms with van der Waals surface area (Å²) in [5, 5.41) is 7.44. The van der Waals surface area contributed by atoms with Crippen molar-refractivity contribution in [2.45, 2.75) is 33.9 Å². The number of carbonyl (C=O) groups excluding carboxylic acids is 1. The SMILES string of the molecule is Cc1cc(C)c(CNC(=O)c2c(C)nn(Cc3ccccc3)c2Cl)c(=O)[nH]1. The summed E-state index contributed by atoms with van der Waals surface area (Å²) in [6, 6.07) is 11.6. The number of pyridine rings is 1. The summed E-state index contributed by atoms with van der Waals surface area (Å²) in [5.74, 6) is -0.351. The number of carbonyl (C=O) groups is 1. The first-order chi connectivity index (χ1) is 12.9. The average Bonchev–Trinajstić information content (AvgIpc) is 2.88. The van der Waals surface area contributed by atoms with Crippen molar-refractivity contribution in [1.82, 2.24) is 20.1 Å². The fourth-order valence-corrected chi connectivity index (χ4v) is 3.35. The maximum atomic E-state index is 12.7. The molecule has 2 aromatic heterocycles. The van der Waals surface area contributed by atoms with Crippen LogP contribution in [0, 0.1) is 20.8 Å². The summed E-state index contributed by atoms with van der Waals surface area (Å²) in [4.78, 5) is 27.5. The van der Waals surface area contributed by atoms with Crippen molar-refractivity contribution >= 4 is 17.5 Å². The number of nitrogens with one attached hydrogen (secondary N) is 2. The third-order valence-electron chi connectivity index (χ3n) is 4.39. The Balaban J connectivity index is 1.79. The number of rotatable bonds is 5. The number of hydrogen-bond donors (Lipinski definition) is 2. The maximum Gasteiger partial charge on any atom is 0.256 e. The molecule has 0 saturated heterocycles. The number of aromatic amines is 1. The molecule has 6 nitrogen and oxygen atoms in total. The third kappa shape index (κ3) is 4.11. The lowest BCUT2D eigenvalue weighted by Gasteiger charge is -2.08. The highest BCUT2D eigenvalue weighted by molar-refractivity contribution is 6.33. The number of aromatic nitrogens is 3. The van der Waals surface area contributed by atoms with Gasteiger partial charge in [0, 0.05) is 17.8 Å². The maximum absolute atomic E-state index is 12.7. The van der Waals surface area contributed by atoms with Crippen LogP contribution in [-0.2, 0) is 13.1 Å². The second kappa shape index (κ2) is 7.80. The Hall–Kier alpha value is -2.86. The second-order valence-corrected chi connectivity index (χ2v) is 6.88. The standard InChI is InChI=1S/C20H21ClN4O2/c1-12-9-13(2)23-19(26)16(12)10-22-20(27)17-14(3)24-25(18(17)21)11-15-7-5-4-6-8-15/h4-9H,10-11H2,1-3H3,(H,22,27)(H,23,26). The first-order valence-corrected chi connectivity index (χ1v) is 8.99. The van der Waals surface area contributed by atoms with Gasteiger partial charge < -0.3 is 10.3 Å². The molecule has 0 aliphatic carbocycles. The van der Waals surface area contributed by atoms with Gasteiger partial charge in [-0.3, -0.25) is 9.59 Å². The molecule has 0 aliphatic rings. The molecule has 1 amide bonds. The summed E-state index contributed by atoms with van der Waals surface area (Å²) < 4.78 is 1.60. The number of nitrogens with zero attached hydrogens (tertiary/aromatic N) is 2. The molecule has 3 aromatic rings. The Morgan fingerprint density at radius 3 is 2.59 bits per heavy atom. The Morgan fingerprint density at radius 2 is 1.93 bits per heavy atom. The highest BCUT2D eigenvalue weighted by Gasteiger charge is 2.20. The smallest absolute Gasteiger partial charge is 0.256 e. The van der Waals surface area contributed by atoms with Crippen LogP contribution in [0.1, 0.15) is 38.4 Å². The largest absolute Gasteiger partial charge is 0.348 e. The molecule has 1 aromatic carbocycles. The quantitative estimate of drug-likeness (QED) is 0.709. The molecular weight excluding hydrogens is 364 g/mol. The van der Waals surface area contributed by atoms with Crippen LogP contribution < -0.4 is 10.9 Å². The van der Waals surface area contributed by atoms with Gasteiger partial charge in [0.2, 0.25) is 0 Å². The van der Waals surface area contributed by atoms with Gasteiger partial charge in [0.05, 0.1) is 17.8 Å². The molecule has 2 N–H and O–H groups in total. The van der Waals surface area contributed by atoms with Crippen molar-refractivity contribution in [3.8, 4) is 0 Å². The zero-order valence-electron chi connectivity index (χ0n) is 15.5.